The number of halogens is 3. The maximum atomic E-state index is 12.5. The third-order valence-corrected chi connectivity index (χ3v) is 2.39. The summed E-state index contributed by atoms with van der Waals surface area (Å²) in [5.41, 5.74) is -1.93. The molecule has 0 aliphatic carbocycles. The number of amides is 1. The lowest BCUT2D eigenvalue weighted by atomic mass is 10.1. The molecule has 0 spiro atoms. The molecule has 21 heavy (non-hydrogen) atoms. The Labute approximate surface area is 118 Å². The Balaban J connectivity index is 3.08. The first-order valence-electron chi connectivity index (χ1n) is 5.80. The number of hydrogen-bond donors (Lipinski definition) is 2. The molecule has 0 aliphatic rings. The number of hydrogen-bond acceptors (Lipinski definition) is 2. The summed E-state index contributed by atoms with van der Waals surface area (Å²) in [6.45, 7) is 1.74. The summed E-state index contributed by atoms with van der Waals surface area (Å²) < 4.78 is 37.6. The van der Waals surface area contributed by atoms with Crippen LogP contribution in [0.15, 0.2) is 42.5 Å². The molecule has 0 aromatic heterocycles. The van der Waals surface area contributed by atoms with Gasteiger partial charge in [-0.05, 0) is 25.1 Å². The second kappa shape index (κ2) is 6.74. The van der Waals surface area contributed by atoms with Crippen LogP contribution in [0, 0.1) is 0 Å². The van der Waals surface area contributed by atoms with Gasteiger partial charge in [-0.15, -0.1) is 0 Å². The molecule has 1 rings (SSSR count). The Kier molecular flexibility index (Phi) is 5.29. The molecule has 0 bridgehead atoms. The highest BCUT2D eigenvalue weighted by Gasteiger charge is 2.31. The predicted molar refractivity (Wildman–Crippen MR) is 71.0 cm³/mol. The summed E-state index contributed by atoms with van der Waals surface area (Å²) in [7, 11) is 0. The zero-order valence-corrected chi connectivity index (χ0v) is 10.9. The van der Waals surface area contributed by atoms with E-state index in [1.165, 1.54) is 6.08 Å². The van der Waals surface area contributed by atoms with Crippen molar-refractivity contribution < 1.29 is 27.9 Å². The number of allylic oxidation sites excluding steroid dienone is 3. The average Bonchev–Trinajstić information content (AvgIpc) is 2.37. The maximum Gasteiger partial charge on any atom is 0.416 e. The van der Waals surface area contributed by atoms with E-state index in [9.17, 15) is 22.8 Å². The highest BCUT2D eigenvalue weighted by atomic mass is 19.4. The van der Waals surface area contributed by atoms with E-state index in [1.54, 1.807) is 19.1 Å². The quantitative estimate of drug-likeness (QED) is 0.661. The highest BCUT2D eigenvalue weighted by molar-refractivity contribution is 6.04. The van der Waals surface area contributed by atoms with E-state index >= 15 is 0 Å². The van der Waals surface area contributed by atoms with Crippen LogP contribution in [-0.2, 0) is 11.0 Å². The van der Waals surface area contributed by atoms with Crippen LogP contribution in [0.4, 0.5) is 18.9 Å². The van der Waals surface area contributed by atoms with E-state index in [1.807, 2.05) is 0 Å². The molecule has 0 atom stereocenters. The molecule has 0 saturated carbocycles. The largest absolute Gasteiger partial charge is 0.478 e. The molecule has 7 heteroatoms. The lowest BCUT2D eigenvalue weighted by molar-refractivity contribution is -0.137. The van der Waals surface area contributed by atoms with E-state index in [2.05, 4.69) is 5.32 Å². The third-order valence-electron chi connectivity index (χ3n) is 2.39. The molecule has 112 valence electrons. The van der Waals surface area contributed by atoms with Crippen LogP contribution in [0.3, 0.4) is 0 Å². The first kappa shape index (κ1) is 16.5. The lowest BCUT2D eigenvalue weighted by Crippen LogP contribution is -2.14. The summed E-state index contributed by atoms with van der Waals surface area (Å²) in [5.74, 6) is -2.20. The minimum absolute atomic E-state index is 0.203. The number of benzene rings is 1. The average molecular weight is 299 g/mol. The van der Waals surface area contributed by atoms with Crippen LogP contribution < -0.4 is 5.32 Å². The van der Waals surface area contributed by atoms with Crippen molar-refractivity contribution in [2.24, 2.45) is 0 Å². The summed E-state index contributed by atoms with van der Waals surface area (Å²) in [4.78, 5) is 22.5. The van der Waals surface area contributed by atoms with E-state index in [0.717, 1.165) is 12.1 Å². The molecular weight excluding hydrogens is 287 g/mol. The zero-order valence-electron chi connectivity index (χ0n) is 10.9. The standard InChI is InChI=1S/C14H12F3NO3/c1-2-3-4-5-12(19)18-11-7-6-9(14(15,16)17)8-10(11)13(20)21/h2-8H,1H3,(H,18,19)(H,20,21). The van der Waals surface area contributed by atoms with Gasteiger partial charge in [0.2, 0.25) is 5.91 Å². The van der Waals surface area contributed by atoms with Crippen molar-refractivity contribution in [1.29, 1.82) is 0 Å². The van der Waals surface area contributed by atoms with E-state index in [-0.39, 0.29) is 5.69 Å². The molecule has 1 amide bonds. The minimum atomic E-state index is -4.65. The van der Waals surface area contributed by atoms with Crippen LogP contribution >= 0.6 is 0 Å². The van der Waals surface area contributed by atoms with E-state index < -0.39 is 29.2 Å². The van der Waals surface area contributed by atoms with Gasteiger partial charge < -0.3 is 10.4 Å². The molecule has 1 aromatic carbocycles. The molecule has 0 aliphatic heterocycles. The number of carbonyl (C=O) groups is 2. The summed E-state index contributed by atoms with van der Waals surface area (Å²) >= 11 is 0. The van der Waals surface area contributed by atoms with Crippen molar-refractivity contribution in [2.45, 2.75) is 13.1 Å². The number of carbonyl (C=O) groups excluding carboxylic acids is 1. The summed E-state index contributed by atoms with van der Waals surface area (Å²) in [5, 5.41) is 11.2. The van der Waals surface area contributed by atoms with Gasteiger partial charge in [0, 0.05) is 6.08 Å². The zero-order chi connectivity index (χ0) is 16.0. The highest BCUT2D eigenvalue weighted by Crippen LogP contribution is 2.31. The maximum absolute atomic E-state index is 12.5. The van der Waals surface area contributed by atoms with Gasteiger partial charge in [-0.2, -0.15) is 13.2 Å². The van der Waals surface area contributed by atoms with Crippen molar-refractivity contribution in [1.82, 2.24) is 0 Å². The van der Waals surface area contributed by atoms with Crippen molar-refractivity contribution in [2.75, 3.05) is 5.32 Å². The second-order valence-corrected chi connectivity index (χ2v) is 3.94. The fraction of sp³-hybridized carbons (Fsp3) is 0.143. The Morgan fingerprint density at radius 2 is 1.90 bits per heavy atom. The molecule has 4 nitrogen and oxygen atoms in total. The van der Waals surface area contributed by atoms with Crippen LogP contribution in [0.2, 0.25) is 0 Å². The van der Waals surface area contributed by atoms with Gasteiger partial charge >= 0.3 is 12.1 Å². The lowest BCUT2D eigenvalue weighted by Gasteiger charge is -2.11. The minimum Gasteiger partial charge on any atom is -0.478 e. The fourth-order valence-electron chi connectivity index (χ4n) is 1.43. The molecule has 0 heterocycles. The SMILES string of the molecule is CC=CC=CC(=O)Nc1ccc(C(F)(F)F)cc1C(=O)O. The van der Waals surface area contributed by atoms with Crippen molar-refractivity contribution >= 4 is 17.6 Å². The van der Waals surface area contributed by atoms with Gasteiger partial charge in [0.25, 0.3) is 0 Å². The number of carboxylic acids is 1. The third kappa shape index (κ3) is 4.79. The van der Waals surface area contributed by atoms with Gasteiger partial charge in [0.1, 0.15) is 0 Å². The van der Waals surface area contributed by atoms with Crippen molar-refractivity contribution in [3.63, 3.8) is 0 Å². The first-order chi connectivity index (χ1) is 9.75. The Morgan fingerprint density at radius 1 is 1.24 bits per heavy atom. The monoisotopic (exact) mass is 299 g/mol. The summed E-state index contributed by atoms with van der Waals surface area (Å²) in [6, 6.07) is 2.10. The fourth-order valence-corrected chi connectivity index (χ4v) is 1.43. The Hall–Kier alpha value is -2.57. The normalized spacial score (nSPS) is 12.0. The van der Waals surface area contributed by atoms with Crippen LogP contribution in [0.25, 0.3) is 0 Å². The molecule has 0 unspecified atom stereocenters. The number of anilines is 1. The number of nitrogens with one attached hydrogen (secondary N) is 1. The van der Waals surface area contributed by atoms with Gasteiger partial charge in [0.05, 0.1) is 16.8 Å². The summed E-state index contributed by atoms with van der Waals surface area (Å²) in [6.07, 6.45) is 1.14. The van der Waals surface area contributed by atoms with Crippen LogP contribution in [-0.4, -0.2) is 17.0 Å². The Morgan fingerprint density at radius 3 is 2.43 bits per heavy atom. The number of rotatable bonds is 4. The van der Waals surface area contributed by atoms with Crippen molar-refractivity contribution in [3.05, 3.63) is 53.6 Å². The number of aromatic carboxylic acids is 1. The number of carboxylic acid groups (broad SMARTS) is 1. The van der Waals surface area contributed by atoms with Crippen LogP contribution in [0.1, 0.15) is 22.8 Å². The molecule has 0 radical (unpaired) electrons. The molecule has 2 N–H and O–H groups in total. The predicted octanol–water partition coefficient (Wildman–Crippen LogP) is 3.47. The van der Waals surface area contributed by atoms with Gasteiger partial charge in [-0.25, -0.2) is 4.79 Å². The molecular formula is C14H12F3NO3. The first-order valence-corrected chi connectivity index (χ1v) is 5.80. The second-order valence-electron chi connectivity index (χ2n) is 3.94. The molecule has 1 aromatic rings. The topological polar surface area (TPSA) is 66.4 Å². The van der Waals surface area contributed by atoms with Crippen molar-refractivity contribution in [3.8, 4) is 0 Å². The number of alkyl halides is 3. The molecule has 0 fully saturated rings. The smallest absolute Gasteiger partial charge is 0.416 e. The van der Waals surface area contributed by atoms with Gasteiger partial charge in [0.15, 0.2) is 0 Å². The van der Waals surface area contributed by atoms with Crippen LogP contribution in [0.5, 0.6) is 0 Å². The van der Waals surface area contributed by atoms with Gasteiger partial charge in [-0.1, -0.05) is 18.2 Å². The van der Waals surface area contributed by atoms with E-state index in [0.29, 0.717) is 12.1 Å². The Bertz CT molecular complexity index is 604. The molecule has 0 saturated heterocycles. The van der Waals surface area contributed by atoms with E-state index in [4.69, 9.17) is 5.11 Å². The van der Waals surface area contributed by atoms with Gasteiger partial charge in [-0.3, -0.25) is 4.79 Å².